The third-order valence-corrected chi connectivity index (χ3v) is 5.92. The normalized spacial score (nSPS) is 17.7. The Hall–Kier alpha value is -3.65. The molecule has 32 heavy (non-hydrogen) atoms. The Morgan fingerprint density at radius 2 is 2.03 bits per heavy atom. The summed E-state index contributed by atoms with van der Waals surface area (Å²) in [6, 6.07) is 13.9. The van der Waals surface area contributed by atoms with Crippen LogP contribution in [0.25, 0.3) is 5.69 Å². The minimum atomic E-state index is -0.523. The van der Waals surface area contributed by atoms with Crippen LogP contribution in [-0.2, 0) is 4.79 Å². The van der Waals surface area contributed by atoms with Crippen LogP contribution in [0.2, 0.25) is 0 Å². The first-order valence-corrected chi connectivity index (χ1v) is 11.0. The molecule has 1 saturated heterocycles. The molecule has 1 unspecified atom stereocenters. The van der Waals surface area contributed by atoms with Crippen molar-refractivity contribution in [3.63, 3.8) is 0 Å². The third-order valence-electron chi connectivity index (χ3n) is 5.92. The molecule has 3 N–H and O–H groups in total. The summed E-state index contributed by atoms with van der Waals surface area (Å²) in [5.41, 5.74) is 3.85. The Labute approximate surface area is 186 Å². The van der Waals surface area contributed by atoms with Crippen molar-refractivity contribution in [3.8, 4) is 5.69 Å². The average Bonchev–Trinajstić information content (AvgIpc) is 3.22. The van der Waals surface area contributed by atoms with Crippen molar-refractivity contribution in [3.05, 3.63) is 78.0 Å². The molecule has 2 bridgehead atoms. The molecule has 1 fully saturated rings. The zero-order valence-corrected chi connectivity index (χ0v) is 18.0. The fourth-order valence-corrected chi connectivity index (χ4v) is 4.20. The Bertz CT molecular complexity index is 1190. The maximum atomic E-state index is 13.3. The van der Waals surface area contributed by atoms with Crippen molar-refractivity contribution < 1.29 is 4.79 Å². The molecule has 8 heteroatoms. The SMILES string of the molecule is Cc1cccc(-n2nc(C3CCNCC3)cc2NC(=O)C2C=Nn3cccc[nH]c2c3)c1. The van der Waals surface area contributed by atoms with E-state index in [-0.39, 0.29) is 5.91 Å². The molecular weight excluding hydrogens is 402 g/mol. The highest BCUT2D eigenvalue weighted by atomic mass is 16.2. The van der Waals surface area contributed by atoms with Crippen LogP contribution in [-0.4, -0.2) is 44.7 Å². The van der Waals surface area contributed by atoms with Gasteiger partial charge in [0.1, 0.15) is 11.7 Å². The van der Waals surface area contributed by atoms with E-state index in [0.29, 0.717) is 11.7 Å². The summed E-state index contributed by atoms with van der Waals surface area (Å²) < 4.78 is 3.53. The molecule has 8 nitrogen and oxygen atoms in total. The lowest BCUT2D eigenvalue weighted by molar-refractivity contribution is -0.116. The standard InChI is InChI=1S/C24H27N7O/c1-17-5-4-6-19(13-17)31-23(14-21(29-31)18-7-10-25-11-8-18)28-24(32)20-15-27-30-12-3-2-9-26-22(20)16-30/h2-6,9,12-16,18,20,25-26H,7-8,10-11H2,1H3,(H,28,32). The fourth-order valence-electron chi connectivity index (χ4n) is 4.20. The zero-order chi connectivity index (χ0) is 21.9. The molecule has 164 valence electrons. The van der Waals surface area contributed by atoms with Crippen molar-refractivity contribution in [1.29, 1.82) is 0 Å². The van der Waals surface area contributed by atoms with E-state index < -0.39 is 5.92 Å². The topological polar surface area (TPSA) is 92.0 Å². The summed E-state index contributed by atoms with van der Waals surface area (Å²) in [6.45, 7) is 4.03. The first-order chi connectivity index (χ1) is 15.7. The van der Waals surface area contributed by atoms with Gasteiger partial charge < -0.3 is 15.6 Å². The van der Waals surface area contributed by atoms with Gasteiger partial charge >= 0.3 is 0 Å². The van der Waals surface area contributed by atoms with Crippen LogP contribution < -0.4 is 10.6 Å². The summed E-state index contributed by atoms with van der Waals surface area (Å²) in [5.74, 6) is 0.378. The molecule has 4 heterocycles. The molecule has 1 amide bonds. The van der Waals surface area contributed by atoms with E-state index in [4.69, 9.17) is 5.10 Å². The predicted molar refractivity (Wildman–Crippen MR) is 125 cm³/mol. The number of hydrogen-bond donors (Lipinski definition) is 3. The lowest BCUT2D eigenvalue weighted by Gasteiger charge is -2.20. The molecule has 1 aromatic carbocycles. The smallest absolute Gasteiger partial charge is 0.240 e. The number of rotatable bonds is 4. The van der Waals surface area contributed by atoms with Gasteiger partial charge in [-0.15, -0.1) is 0 Å². The number of carbonyl (C=O) groups is 1. The summed E-state index contributed by atoms with van der Waals surface area (Å²) in [7, 11) is 0. The Morgan fingerprint density at radius 1 is 1.16 bits per heavy atom. The summed E-state index contributed by atoms with van der Waals surface area (Å²) in [6.07, 6.45) is 9.20. The number of piperidine rings is 1. The highest BCUT2D eigenvalue weighted by molar-refractivity contribution is 6.06. The highest BCUT2D eigenvalue weighted by Gasteiger charge is 2.25. The molecule has 0 aliphatic carbocycles. The van der Waals surface area contributed by atoms with Gasteiger partial charge in [0.15, 0.2) is 0 Å². The molecule has 0 radical (unpaired) electrons. The van der Waals surface area contributed by atoms with Crippen molar-refractivity contribution in [2.45, 2.75) is 31.6 Å². The number of aromatic nitrogens is 4. The average molecular weight is 430 g/mol. The van der Waals surface area contributed by atoms with Crippen molar-refractivity contribution in [1.82, 2.24) is 24.8 Å². The number of fused-ring (bicyclic) bond motifs is 2. The van der Waals surface area contributed by atoms with Crippen molar-refractivity contribution in [2.75, 3.05) is 18.4 Å². The number of aromatic amines is 1. The van der Waals surface area contributed by atoms with Gasteiger partial charge in [-0.3, -0.25) is 4.79 Å². The molecule has 5 rings (SSSR count). The predicted octanol–water partition coefficient (Wildman–Crippen LogP) is 3.47. The van der Waals surface area contributed by atoms with E-state index >= 15 is 0 Å². The van der Waals surface area contributed by atoms with Crippen LogP contribution in [0.4, 0.5) is 5.82 Å². The number of anilines is 1. The van der Waals surface area contributed by atoms with Crippen LogP contribution in [0, 0.1) is 6.92 Å². The van der Waals surface area contributed by atoms with E-state index in [0.717, 1.165) is 48.6 Å². The number of carbonyl (C=O) groups excluding carboxylic acids is 1. The lowest BCUT2D eigenvalue weighted by atomic mass is 9.95. The van der Waals surface area contributed by atoms with Gasteiger partial charge in [0, 0.05) is 36.8 Å². The zero-order valence-electron chi connectivity index (χ0n) is 18.0. The number of aryl methyl sites for hydroxylation is 1. The number of hydrogen-bond acceptors (Lipinski definition) is 4. The van der Waals surface area contributed by atoms with Gasteiger partial charge in [0.2, 0.25) is 5.91 Å². The second kappa shape index (κ2) is 8.84. The molecule has 1 atom stereocenters. The number of nitrogens with zero attached hydrogens (tertiary/aromatic N) is 4. The molecule has 2 aromatic heterocycles. The molecule has 2 aliphatic heterocycles. The summed E-state index contributed by atoms with van der Waals surface area (Å²) in [5, 5.41) is 15.8. The Kier molecular flexibility index (Phi) is 5.60. The minimum absolute atomic E-state index is 0.157. The van der Waals surface area contributed by atoms with Crippen LogP contribution in [0.5, 0.6) is 0 Å². The second-order valence-electron chi connectivity index (χ2n) is 8.27. The van der Waals surface area contributed by atoms with Gasteiger partial charge in [-0.2, -0.15) is 10.2 Å². The molecule has 2 aliphatic rings. The number of nitrogens with one attached hydrogen (secondary N) is 3. The maximum Gasteiger partial charge on any atom is 0.240 e. The van der Waals surface area contributed by atoms with Crippen molar-refractivity contribution >= 4 is 17.9 Å². The highest BCUT2D eigenvalue weighted by Crippen LogP contribution is 2.29. The van der Waals surface area contributed by atoms with E-state index in [1.165, 1.54) is 0 Å². The van der Waals surface area contributed by atoms with E-state index in [2.05, 4.69) is 39.8 Å². The first-order valence-electron chi connectivity index (χ1n) is 11.0. The number of benzene rings is 1. The summed E-state index contributed by atoms with van der Waals surface area (Å²) in [4.78, 5) is 16.5. The second-order valence-corrected chi connectivity index (χ2v) is 8.27. The van der Waals surface area contributed by atoms with Crippen molar-refractivity contribution in [2.24, 2.45) is 5.10 Å². The quantitative estimate of drug-likeness (QED) is 0.593. The van der Waals surface area contributed by atoms with Crippen LogP contribution >= 0.6 is 0 Å². The van der Waals surface area contributed by atoms with Gasteiger partial charge in [-0.05, 0) is 62.7 Å². The van der Waals surface area contributed by atoms with E-state index in [1.54, 1.807) is 10.9 Å². The monoisotopic (exact) mass is 429 g/mol. The molecular formula is C24H27N7O. The van der Waals surface area contributed by atoms with E-state index in [9.17, 15) is 4.79 Å². The van der Waals surface area contributed by atoms with E-state index in [1.807, 2.05) is 53.6 Å². The Balaban J connectivity index is 1.48. The lowest BCUT2D eigenvalue weighted by Crippen LogP contribution is -2.26. The van der Waals surface area contributed by atoms with Gasteiger partial charge in [-0.25, -0.2) is 9.36 Å². The van der Waals surface area contributed by atoms with Gasteiger partial charge in [0.05, 0.1) is 17.1 Å². The van der Waals surface area contributed by atoms with Gasteiger partial charge in [-0.1, -0.05) is 12.1 Å². The third kappa shape index (κ3) is 4.22. The summed E-state index contributed by atoms with van der Waals surface area (Å²) >= 11 is 0. The van der Waals surface area contributed by atoms with Crippen LogP contribution in [0.3, 0.4) is 0 Å². The molecule has 0 spiro atoms. The fraction of sp³-hybridized carbons (Fsp3) is 0.292. The Morgan fingerprint density at radius 3 is 2.88 bits per heavy atom. The number of H-pyrrole nitrogens is 1. The molecule has 3 aromatic rings. The number of amides is 1. The largest absolute Gasteiger partial charge is 0.363 e. The molecule has 0 saturated carbocycles. The van der Waals surface area contributed by atoms with Crippen LogP contribution in [0.15, 0.2) is 66.2 Å². The minimum Gasteiger partial charge on any atom is -0.363 e. The van der Waals surface area contributed by atoms with Gasteiger partial charge in [0.25, 0.3) is 0 Å². The maximum absolute atomic E-state index is 13.3. The first kappa shape index (κ1) is 20.3. The van der Waals surface area contributed by atoms with Crippen LogP contribution in [0.1, 0.15) is 41.6 Å².